The first-order chi connectivity index (χ1) is 10.5. The zero-order valence-electron chi connectivity index (χ0n) is 11.8. The van der Waals surface area contributed by atoms with E-state index in [2.05, 4.69) is 26.6 Å². The minimum absolute atomic E-state index is 0.0782. The Morgan fingerprint density at radius 1 is 1.09 bits per heavy atom. The fourth-order valence-electron chi connectivity index (χ4n) is 1.79. The van der Waals surface area contributed by atoms with Crippen molar-refractivity contribution in [1.82, 2.24) is 5.32 Å². The summed E-state index contributed by atoms with van der Waals surface area (Å²) in [5.74, 6) is -1.41. The topological polar surface area (TPSA) is 58.2 Å². The fourth-order valence-corrected chi connectivity index (χ4v) is 2.25. The van der Waals surface area contributed by atoms with Gasteiger partial charge in [0.2, 0.25) is 5.91 Å². The summed E-state index contributed by atoms with van der Waals surface area (Å²) in [7, 11) is 0. The molecule has 6 heteroatoms. The summed E-state index contributed by atoms with van der Waals surface area (Å²) in [6.45, 7) is 1.53. The monoisotopic (exact) mass is 364 g/mol. The van der Waals surface area contributed by atoms with Gasteiger partial charge in [0, 0.05) is 4.47 Å². The van der Waals surface area contributed by atoms with Crippen LogP contribution in [0.4, 0.5) is 10.1 Å². The number of nitrogens with one attached hydrogen (secondary N) is 2. The highest BCUT2D eigenvalue weighted by molar-refractivity contribution is 9.10. The van der Waals surface area contributed by atoms with Gasteiger partial charge in [0.15, 0.2) is 0 Å². The fraction of sp³-hybridized carbons (Fsp3) is 0.125. The number of halogens is 2. The number of amides is 2. The molecule has 0 bridgehead atoms. The lowest BCUT2D eigenvalue weighted by Gasteiger charge is -2.15. The molecule has 1 atom stereocenters. The molecular weight excluding hydrogens is 351 g/mol. The minimum atomic E-state index is -0.806. The van der Waals surface area contributed by atoms with Crippen molar-refractivity contribution < 1.29 is 14.0 Å². The van der Waals surface area contributed by atoms with E-state index in [1.807, 2.05) is 0 Å². The number of benzene rings is 2. The summed E-state index contributed by atoms with van der Waals surface area (Å²) >= 11 is 3.28. The standard InChI is InChI=1S/C16H14BrFN2O2/c1-10(15(21)20-14-9-5-4-8-13(14)18)19-16(22)11-6-2-3-7-12(11)17/h2-10H,1H3,(H,19,22)(H,20,21). The largest absolute Gasteiger partial charge is 0.340 e. The van der Waals surface area contributed by atoms with Gasteiger partial charge < -0.3 is 10.6 Å². The van der Waals surface area contributed by atoms with E-state index in [9.17, 15) is 14.0 Å². The third kappa shape index (κ3) is 3.92. The van der Waals surface area contributed by atoms with Crippen molar-refractivity contribution in [3.63, 3.8) is 0 Å². The minimum Gasteiger partial charge on any atom is -0.340 e. The van der Waals surface area contributed by atoms with E-state index in [1.54, 1.807) is 30.3 Å². The van der Waals surface area contributed by atoms with Gasteiger partial charge in [-0.3, -0.25) is 9.59 Å². The van der Waals surface area contributed by atoms with Crippen LogP contribution < -0.4 is 10.6 Å². The molecule has 2 amide bonds. The average molecular weight is 365 g/mol. The van der Waals surface area contributed by atoms with E-state index in [4.69, 9.17) is 0 Å². The number of carbonyl (C=O) groups is 2. The number of para-hydroxylation sites is 1. The molecule has 2 aromatic rings. The van der Waals surface area contributed by atoms with Crippen LogP contribution in [0.1, 0.15) is 17.3 Å². The Balaban J connectivity index is 2.01. The van der Waals surface area contributed by atoms with Gasteiger partial charge in [-0.05, 0) is 47.1 Å². The summed E-state index contributed by atoms with van der Waals surface area (Å²) < 4.78 is 14.1. The van der Waals surface area contributed by atoms with Crippen LogP contribution in [-0.4, -0.2) is 17.9 Å². The predicted molar refractivity (Wildman–Crippen MR) is 86.1 cm³/mol. The molecule has 2 aromatic carbocycles. The molecule has 0 aliphatic rings. The predicted octanol–water partition coefficient (Wildman–Crippen LogP) is 3.35. The number of hydrogen-bond donors (Lipinski definition) is 2. The quantitative estimate of drug-likeness (QED) is 0.873. The Kier molecular flexibility index (Phi) is 5.27. The summed E-state index contributed by atoms with van der Waals surface area (Å²) in [5, 5.41) is 5.01. The Labute approximate surface area is 135 Å². The van der Waals surface area contributed by atoms with E-state index in [-0.39, 0.29) is 11.6 Å². The van der Waals surface area contributed by atoms with Crippen LogP contribution in [0.2, 0.25) is 0 Å². The number of carbonyl (C=O) groups excluding carboxylic acids is 2. The summed E-state index contributed by atoms with van der Waals surface area (Å²) in [4.78, 5) is 24.1. The second-order valence-electron chi connectivity index (χ2n) is 4.64. The van der Waals surface area contributed by atoms with Crippen molar-refractivity contribution in [2.45, 2.75) is 13.0 Å². The molecule has 0 aliphatic heterocycles. The smallest absolute Gasteiger partial charge is 0.253 e. The lowest BCUT2D eigenvalue weighted by Crippen LogP contribution is -2.41. The van der Waals surface area contributed by atoms with Gasteiger partial charge in [0.05, 0.1) is 11.3 Å². The number of anilines is 1. The Bertz CT molecular complexity index is 706. The van der Waals surface area contributed by atoms with Gasteiger partial charge in [-0.25, -0.2) is 4.39 Å². The van der Waals surface area contributed by atoms with Crippen molar-refractivity contribution in [2.75, 3.05) is 5.32 Å². The maximum absolute atomic E-state index is 13.5. The first-order valence-electron chi connectivity index (χ1n) is 6.60. The van der Waals surface area contributed by atoms with Crippen LogP contribution in [0.15, 0.2) is 53.0 Å². The average Bonchev–Trinajstić information content (AvgIpc) is 2.49. The molecule has 114 valence electrons. The van der Waals surface area contributed by atoms with E-state index >= 15 is 0 Å². The molecule has 0 aromatic heterocycles. The first-order valence-corrected chi connectivity index (χ1v) is 7.39. The third-order valence-corrected chi connectivity index (χ3v) is 3.68. The van der Waals surface area contributed by atoms with Gasteiger partial charge in [0.1, 0.15) is 11.9 Å². The highest BCUT2D eigenvalue weighted by atomic mass is 79.9. The highest BCUT2D eigenvalue weighted by Crippen LogP contribution is 2.16. The van der Waals surface area contributed by atoms with Crippen molar-refractivity contribution in [3.05, 3.63) is 64.4 Å². The Hall–Kier alpha value is -2.21. The van der Waals surface area contributed by atoms with Crippen LogP contribution >= 0.6 is 15.9 Å². The Morgan fingerprint density at radius 3 is 2.41 bits per heavy atom. The molecule has 0 aliphatic carbocycles. The molecule has 2 rings (SSSR count). The number of rotatable bonds is 4. The van der Waals surface area contributed by atoms with Gasteiger partial charge in [-0.2, -0.15) is 0 Å². The zero-order chi connectivity index (χ0) is 16.1. The maximum atomic E-state index is 13.5. The molecule has 0 fully saturated rings. The van der Waals surface area contributed by atoms with Gasteiger partial charge >= 0.3 is 0 Å². The molecule has 1 unspecified atom stereocenters. The van der Waals surface area contributed by atoms with Crippen molar-refractivity contribution >= 4 is 33.4 Å². The van der Waals surface area contributed by atoms with E-state index in [0.717, 1.165) is 0 Å². The molecule has 4 nitrogen and oxygen atoms in total. The van der Waals surface area contributed by atoms with E-state index in [0.29, 0.717) is 10.0 Å². The van der Waals surface area contributed by atoms with Crippen molar-refractivity contribution in [1.29, 1.82) is 0 Å². The lowest BCUT2D eigenvalue weighted by molar-refractivity contribution is -0.117. The van der Waals surface area contributed by atoms with Gasteiger partial charge in [0.25, 0.3) is 5.91 Å². The van der Waals surface area contributed by atoms with Gasteiger partial charge in [-0.1, -0.05) is 24.3 Å². The normalized spacial score (nSPS) is 11.6. The second kappa shape index (κ2) is 7.17. The Morgan fingerprint density at radius 2 is 1.73 bits per heavy atom. The molecule has 0 radical (unpaired) electrons. The zero-order valence-corrected chi connectivity index (χ0v) is 13.4. The second-order valence-corrected chi connectivity index (χ2v) is 5.50. The van der Waals surface area contributed by atoms with Gasteiger partial charge in [-0.15, -0.1) is 0 Å². The molecule has 0 spiro atoms. The van der Waals surface area contributed by atoms with Crippen LogP contribution in [0.25, 0.3) is 0 Å². The summed E-state index contributed by atoms with van der Waals surface area (Å²) in [6, 6.07) is 11.9. The third-order valence-electron chi connectivity index (χ3n) is 2.99. The highest BCUT2D eigenvalue weighted by Gasteiger charge is 2.18. The summed E-state index contributed by atoms with van der Waals surface area (Å²) in [5.41, 5.74) is 0.502. The van der Waals surface area contributed by atoms with Crippen LogP contribution in [-0.2, 0) is 4.79 Å². The van der Waals surface area contributed by atoms with Crippen molar-refractivity contribution in [3.8, 4) is 0 Å². The SMILES string of the molecule is CC(NC(=O)c1ccccc1Br)C(=O)Nc1ccccc1F. The first kappa shape index (κ1) is 16.2. The molecular formula is C16H14BrFN2O2. The maximum Gasteiger partial charge on any atom is 0.253 e. The number of hydrogen-bond acceptors (Lipinski definition) is 2. The van der Waals surface area contributed by atoms with E-state index < -0.39 is 17.8 Å². The molecule has 2 N–H and O–H groups in total. The van der Waals surface area contributed by atoms with Crippen LogP contribution in [0.3, 0.4) is 0 Å². The lowest BCUT2D eigenvalue weighted by atomic mass is 10.2. The molecule has 22 heavy (non-hydrogen) atoms. The van der Waals surface area contributed by atoms with E-state index in [1.165, 1.54) is 25.1 Å². The van der Waals surface area contributed by atoms with Crippen molar-refractivity contribution in [2.24, 2.45) is 0 Å². The van der Waals surface area contributed by atoms with Crippen LogP contribution in [0, 0.1) is 5.82 Å². The molecule has 0 saturated carbocycles. The summed E-state index contributed by atoms with van der Waals surface area (Å²) in [6.07, 6.45) is 0. The van der Waals surface area contributed by atoms with Crippen LogP contribution in [0.5, 0.6) is 0 Å². The molecule has 0 saturated heterocycles. The molecule has 0 heterocycles.